The molecule has 1 unspecified atom stereocenters. The summed E-state index contributed by atoms with van der Waals surface area (Å²) in [4.78, 5) is 30.2. The van der Waals surface area contributed by atoms with Crippen LogP contribution in [0.2, 0.25) is 0 Å². The molecule has 10 heteroatoms. The summed E-state index contributed by atoms with van der Waals surface area (Å²) in [6, 6.07) is -0.649. The molecule has 0 spiro atoms. The van der Waals surface area contributed by atoms with Gasteiger partial charge in [0.15, 0.2) is 5.96 Å². The van der Waals surface area contributed by atoms with Crippen LogP contribution in [0.1, 0.15) is 87.0 Å². The van der Waals surface area contributed by atoms with Crippen molar-refractivity contribution in [3.05, 3.63) is 0 Å². The van der Waals surface area contributed by atoms with Crippen molar-refractivity contribution in [2.24, 2.45) is 39.8 Å². The molecule has 1 aliphatic heterocycles. The second-order valence-electron chi connectivity index (χ2n) is 12.6. The molecule has 37 heavy (non-hydrogen) atoms. The van der Waals surface area contributed by atoms with Crippen molar-refractivity contribution in [2.45, 2.75) is 111 Å². The van der Waals surface area contributed by atoms with Gasteiger partial charge >= 0.3 is 7.12 Å². The van der Waals surface area contributed by atoms with Crippen LogP contribution in [0, 0.1) is 29.1 Å². The highest BCUT2D eigenvalue weighted by atomic mass is 16.7. The summed E-state index contributed by atoms with van der Waals surface area (Å²) in [7, 11) is 1.12. The summed E-state index contributed by atoms with van der Waals surface area (Å²) in [6.45, 7) is 15.6. The molecule has 2 bridgehead atoms. The number of aliphatic imine (C=N–C) groups is 1. The zero-order valence-electron chi connectivity index (χ0n) is 24.2. The number of nitrogens with two attached hydrogens (primary N) is 1. The van der Waals surface area contributed by atoms with E-state index in [-0.39, 0.29) is 40.8 Å². The van der Waals surface area contributed by atoms with Crippen LogP contribution in [0.4, 0.5) is 0 Å². The van der Waals surface area contributed by atoms with Crippen molar-refractivity contribution < 1.29 is 18.9 Å². The number of nitrogens with one attached hydrogen (secondary N) is 3. The number of hydrogen-bond acceptors (Lipinski definition) is 5. The molecule has 5 N–H and O–H groups in total. The predicted molar refractivity (Wildman–Crippen MR) is 148 cm³/mol. The molecule has 0 aromatic heterocycles. The lowest BCUT2D eigenvalue weighted by molar-refractivity contribution is -0.199. The summed E-state index contributed by atoms with van der Waals surface area (Å²) in [5.74, 6) is 1.05. The van der Waals surface area contributed by atoms with Gasteiger partial charge in [0.1, 0.15) is 6.04 Å². The Hall–Kier alpha value is -1.81. The molecule has 1 saturated heterocycles. The van der Waals surface area contributed by atoms with E-state index in [1.807, 2.05) is 13.8 Å². The van der Waals surface area contributed by atoms with E-state index < -0.39 is 13.2 Å². The van der Waals surface area contributed by atoms with E-state index in [0.29, 0.717) is 49.5 Å². The van der Waals surface area contributed by atoms with Crippen LogP contribution in [0.5, 0.6) is 0 Å². The van der Waals surface area contributed by atoms with Crippen LogP contribution in [0.25, 0.3) is 0 Å². The van der Waals surface area contributed by atoms with Gasteiger partial charge in [-0.1, -0.05) is 41.5 Å². The molecule has 4 fully saturated rings. The second kappa shape index (κ2) is 11.9. The minimum absolute atomic E-state index is 0.0542. The zero-order chi connectivity index (χ0) is 27.5. The molecule has 9 nitrogen and oxygen atoms in total. The smallest absolute Gasteiger partial charge is 0.404 e. The Balaban J connectivity index is 1.70. The number of nitrogens with zero attached hydrogens (tertiary/aromatic N) is 1. The summed E-state index contributed by atoms with van der Waals surface area (Å²) in [6.07, 6.45) is 4.82. The SMILES string of the molecule is CCC(C)C(=O)N[C@@H](CCCNC(N)=NC)C(=O)N[C@@H](CC(C)C)B1O[C@@H]2C[C@@H]3C[C@@H](C3(C)C)[C@]2(C)O1. The molecule has 7 atom stereocenters. The van der Waals surface area contributed by atoms with Gasteiger partial charge in [-0.05, 0) is 68.6 Å². The summed E-state index contributed by atoms with van der Waals surface area (Å²) in [5.41, 5.74) is 5.64. The zero-order valence-corrected chi connectivity index (χ0v) is 24.2. The lowest BCUT2D eigenvalue weighted by Gasteiger charge is -2.64. The van der Waals surface area contributed by atoms with E-state index in [1.165, 1.54) is 6.42 Å². The van der Waals surface area contributed by atoms with Crippen molar-refractivity contribution in [1.29, 1.82) is 0 Å². The molecule has 210 valence electrons. The normalized spacial score (nSPS) is 30.7. The molecule has 3 aliphatic carbocycles. The fourth-order valence-corrected chi connectivity index (χ4v) is 6.47. The predicted octanol–water partition coefficient (Wildman–Crippen LogP) is 2.63. The van der Waals surface area contributed by atoms with E-state index in [9.17, 15) is 9.59 Å². The van der Waals surface area contributed by atoms with Crippen LogP contribution in [0.3, 0.4) is 0 Å². The number of rotatable bonds is 12. The van der Waals surface area contributed by atoms with Gasteiger partial charge in [-0.25, -0.2) is 0 Å². The van der Waals surface area contributed by atoms with Gasteiger partial charge in [0.2, 0.25) is 11.8 Å². The fourth-order valence-electron chi connectivity index (χ4n) is 6.47. The third kappa shape index (κ3) is 6.44. The van der Waals surface area contributed by atoms with Crippen LogP contribution in [-0.2, 0) is 18.9 Å². The minimum atomic E-state index is -0.649. The van der Waals surface area contributed by atoms with Gasteiger partial charge in [-0.3, -0.25) is 14.6 Å². The lowest BCUT2D eigenvalue weighted by Crippen LogP contribution is -2.65. The van der Waals surface area contributed by atoms with Crippen molar-refractivity contribution in [3.63, 3.8) is 0 Å². The van der Waals surface area contributed by atoms with Crippen molar-refractivity contribution in [1.82, 2.24) is 16.0 Å². The molecule has 0 radical (unpaired) electrons. The maximum absolute atomic E-state index is 13.6. The van der Waals surface area contributed by atoms with E-state index in [2.05, 4.69) is 55.6 Å². The first-order valence-electron chi connectivity index (χ1n) is 14.2. The maximum Gasteiger partial charge on any atom is 0.481 e. The second-order valence-corrected chi connectivity index (χ2v) is 12.6. The van der Waals surface area contributed by atoms with Gasteiger partial charge in [-0.2, -0.15) is 0 Å². The Morgan fingerprint density at radius 2 is 1.84 bits per heavy atom. The topological polar surface area (TPSA) is 127 Å². The number of hydrogen-bond donors (Lipinski definition) is 4. The summed E-state index contributed by atoms with van der Waals surface area (Å²) in [5, 5.41) is 9.21. The average Bonchev–Trinajstić information content (AvgIpc) is 3.21. The molecule has 4 aliphatic rings. The molecule has 4 rings (SSSR count). The quantitative estimate of drug-likeness (QED) is 0.136. The molecule has 3 saturated carbocycles. The average molecular weight is 520 g/mol. The number of carbonyl (C=O) groups is 2. The van der Waals surface area contributed by atoms with E-state index in [4.69, 9.17) is 15.0 Å². The highest BCUT2D eigenvalue weighted by Crippen LogP contribution is 2.65. The standard InChI is InChI=1S/C27H50BN5O4/c1-9-17(4)23(34)32-19(11-10-12-31-25(29)30-8)24(35)33-22(13-16(2)3)28-36-21-15-18-14-20(26(18,5)6)27(21,7)37-28/h16-22H,9-15H2,1-8H3,(H,32,34)(H,33,35)(H3,29,30,31)/t17?,18-,19-,20-,21+,22-,27-/m0/s1. The Kier molecular flexibility index (Phi) is 9.59. The molecule has 1 heterocycles. The van der Waals surface area contributed by atoms with Crippen LogP contribution < -0.4 is 21.7 Å². The van der Waals surface area contributed by atoms with Crippen molar-refractivity contribution in [2.75, 3.05) is 13.6 Å². The number of amides is 2. The fraction of sp³-hybridized carbons (Fsp3) is 0.889. The molecule has 0 aromatic carbocycles. The minimum Gasteiger partial charge on any atom is -0.404 e. The monoisotopic (exact) mass is 519 g/mol. The van der Waals surface area contributed by atoms with Crippen LogP contribution >= 0.6 is 0 Å². The summed E-state index contributed by atoms with van der Waals surface area (Å²) < 4.78 is 13.2. The van der Waals surface area contributed by atoms with E-state index >= 15 is 0 Å². The summed E-state index contributed by atoms with van der Waals surface area (Å²) >= 11 is 0. The van der Waals surface area contributed by atoms with Crippen LogP contribution in [-0.4, -0.2) is 62.2 Å². The first-order chi connectivity index (χ1) is 17.3. The molecule has 0 aromatic rings. The maximum atomic E-state index is 13.6. The third-order valence-electron chi connectivity index (χ3n) is 9.26. The highest BCUT2D eigenvalue weighted by molar-refractivity contribution is 6.48. The number of carbonyl (C=O) groups excluding carboxylic acids is 2. The largest absolute Gasteiger partial charge is 0.481 e. The van der Waals surface area contributed by atoms with Crippen LogP contribution in [0.15, 0.2) is 4.99 Å². The first kappa shape index (κ1) is 29.7. The van der Waals surface area contributed by atoms with Crippen molar-refractivity contribution >= 4 is 24.9 Å². The van der Waals surface area contributed by atoms with Gasteiger partial charge in [0, 0.05) is 19.5 Å². The highest BCUT2D eigenvalue weighted by Gasteiger charge is 2.68. The Bertz CT molecular complexity index is 853. The van der Waals surface area contributed by atoms with Crippen molar-refractivity contribution in [3.8, 4) is 0 Å². The van der Waals surface area contributed by atoms with Gasteiger partial charge < -0.3 is 31.0 Å². The van der Waals surface area contributed by atoms with E-state index in [0.717, 1.165) is 12.8 Å². The first-order valence-corrected chi connectivity index (χ1v) is 14.2. The van der Waals surface area contributed by atoms with Gasteiger partial charge in [0.05, 0.1) is 17.6 Å². The molecular weight excluding hydrogens is 469 g/mol. The molecule has 2 amide bonds. The number of guanidine groups is 1. The van der Waals surface area contributed by atoms with Gasteiger partial charge in [0.25, 0.3) is 0 Å². The van der Waals surface area contributed by atoms with E-state index in [1.54, 1.807) is 7.05 Å². The Labute approximate surface area is 224 Å². The Morgan fingerprint density at radius 1 is 1.14 bits per heavy atom. The lowest BCUT2D eigenvalue weighted by atomic mass is 9.43. The Morgan fingerprint density at radius 3 is 2.43 bits per heavy atom. The van der Waals surface area contributed by atoms with Gasteiger partial charge in [-0.15, -0.1) is 0 Å². The third-order valence-corrected chi connectivity index (χ3v) is 9.26. The molecular formula is C27H50BN5O4.